The second kappa shape index (κ2) is 4.43. The van der Waals surface area contributed by atoms with Crippen molar-refractivity contribution < 1.29 is 0 Å². The average Bonchev–Trinajstić information content (AvgIpc) is 2.25. The first-order valence-electron chi connectivity index (χ1n) is 6.03. The SMILES string of the molecule is [B]C1(C)CCCc2ccccc2CCC1. The molecule has 0 saturated heterocycles. The van der Waals surface area contributed by atoms with Gasteiger partial charge >= 0.3 is 0 Å². The molecule has 2 radical (unpaired) electrons. The maximum Gasteiger partial charge on any atom is 0.0742 e. The van der Waals surface area contributed by atoms with Gasteiger partial charge in [0.25, 0.3) is 0 Å². The number of fused-ring (bicyclic) bond motifs is 1. The Morgan fingerprint density at radius 3 is 1.93 bits per heavy atom. The van der Waals surface area contributed by atoms with E-state index in [9.17, 15) is 0 Å². The maximum atomic E-state index is 6.25. The predicted octanol–water partition coefficient (Wildman–Crippen LogP) is 3.69. The lowest BCUT2D eigenvalue weighted by Gasteiger charge is -2.23. The Kier molecular flexibility index (Phi) is 3.18. The van der Waals surface area contributed by atoms with Gasteiger partial charge in [-0.1, -0.05) is 49.3 Å². The highest BCUT2D eigenvalue weighted by Gasteiger charge is 2.18. The van der Waals surface area contributed by atoms with E-state index in [1.165, 1.54) is 36.8 Å². The standard InChI is InChI=1S/C14H19B/c1-14(15)10-4-8-12-6-2-3-7-13(12)9-5-11-14/h2-3,6-7H,4-5,8-11H2,1H3. The van der Waals surface area contributed by atoms with Crippen LogP contribution in [0.5, 0.6) is 0 Å². The quantitative estimate of drug-likeness (QED) is 0.557. The minimum atomic E-state index is 0.0576. The van der Waals surface area contributed by atoms with Crippen molar-refractivity contribution in [2.45, 2.75) is 50.8 Å². The molecule has 0 saturated carbocycles. The van der Waals surface area contributed by atoms with Crippen LogP contribution in [0.1, 0.15) is 43.7 Å². The van der Waals surface area contributed by atoms with Gasteiger partial charge in [-0.05, 0) is 36.8 Å². The summed E-state index contributed by atoms with van der Waals surface area (Å²) >= 11 is 0. The molecule has 0 spiro atoms. The third kappa shape index (κ3) is 2.87. The summed E-state index contributed by atoms with van der Waals surface area (Å²) in [6.45, 7) is 2.20. The summed E-state index contributed by atoms with van der Waals surface area (Å²) in [5, 5.41) is 0.0576. The van der Waals surface area contributed by atoms with E-state index in [1.807, 2.05) is 0 Å². The third-order valence-electron chi connectivity index (χ3n) is 3.51. The van der Waals surface area contributed by atoms with Gasteiger partial charge in [0.05, 0.1) is 7.85 Å². The second-order valence-corrected chi connectivity index (χ2v) is 5.13. The van der Waals surface area contributed by atoms with Crippen molar-refractivity contribution in [2.75, 3.05) is 0 Å². The maximum absolute atomic E-state index is 6.25. The number of hydrogen-bond donors (Lipinski definition) is 0. The fraction of sp³-hybridized carbons (Fsp3) is 0.571. The second-order valence-electron chi connectivity index (χ2n) is 5.13. The third-order valence-corrected chi connectivity index (χ3v) is 3.51. The summed E-state index contributed by atoms with van der Waals surface area (Å²) in [6, 6.07) is 8.85. The van der Waals surface area contributed by atoms with Crippen LogP contribution < -0.4 is 0 Å². The van der Waals surface area contributed by atoms with Gasteiger partial charge in [-0.2, -0.15) is 0 Å². The first-order valence-corrected chi connectivity index (χ1v) is 6.03. The number of aryl methyl sites for hydroxylation is 2. The first-order chi connectivity index (χ1) is 7.17. The van der Waals surface area contributed by atoms with Gasteiger partial charge in [-0.25, -0.2) is 0 Å². The zero-order chi connectivity index (χ0) is 10.7. The number of rotatable bonds is 0. The van der Waals surface area contributed by atoms with E-state index in [0.29, 0.717) is 0 Å². The fourth-order valence-electron chi connectivity index (χ4n) is 2.54. The molecule has 1 heteroatoms. The number of benzene rings is 1. The Balaban J connectivity index is 2.15. The van der Waals surface area contributed by atoms with E-state index in [1.54, 1.807) is 0 Å². The van der Waals surface area contributed by atoms with E-state index in [2.05, 4.69) is 31.2 Å². The largest absolute Gasteiger partial charge is 0.0742 e. The molecule has 2 rings (SSSR count). The summed E-state index contributed by atoms with van der Waals surface area (Å²) in [6.07, 6.45) is 7.16. The van der Waals surface area contributed by atoms with Crippen LogP contribution in [0.3, 0.4) is 0 Å². The predicted molar refractivity (Wildman–Crippen MR) is 66.4 cm³/mol. The highest BCUT2D eigenvalue weighted by molar-refractivity contribution is 6.14. The van der Waals surface area contributed by atoms with Crippen molar-refractivity contribution in [1.29, 1.82) is 0 Å². The minimum Gasteiger partial charge on any atom is -0.0688 e. The molecule has 0 N–H and O–H groups in total. The smallest absolute Gasteiger partial charge is 0.0688 e. The lowest BCUT2D eigenvalue weighted by Crippen LogP contribution is -2.07. The van der Waals surface area contributed by atoms with Gasteiger partial charge in [-0.3, -0.25) is 0 Å². The highest BCUT2D eigenvalue weighted by Crippen LogP contribution is 2.35. The molecule has 0 nitrogen and oxygen atoms in total. The van der Waals surface area contributed by atoms with Crippen molar-refractivity contribution in [3.05, 3.63) is 35.4 Å². The van der Waals surface area contributed by atoms with Gasteiger partial charge < -0.3 is 0 Å². The average molecular weight is 198 g/mol. The van der Waals surface area contributed by atoms with Crippen molar-refractivity contribution >= 4 is 7.85 Å². The molecule has 0 unspecified atom stereocenters. The van der Waals surface area contributed by atoms with Crippen LogP contribution in [0.4, 0.5) is 0 Å². The van der Waals surface area contributed by atoms with Crippen LogP contribution in [0.2, 0.25) is 5.31 Å². The minimum absolute atomic E-state index is 0.0576. The molecule has 78 valence electrons. The van der Waals surface area contributed by atoms with Crippen molar-refractivity contribution in [3.8, 4) is 0 Å². The molecule has 1 aromatic carbocycles. The van der Waals surface area contributed by atoms with Crippen LogP contribution >= 0.6 is 0 Å². The van der Waals surface area contributed by atoms with Gasteiger partial charge in [0.1, 0.15) is 0 Å². The van der Waals surface area contributed by atoms with E-state index >= 15 is 0 Å². The van der Waals surface area contributed by atoms with E-state index in [0.717, 1.165) is 12.8 Å². The lowest BCUT2D eigenvalue weighted by molar-refractivity contribution is 0.490. The molecular weight excluding hydrogens is 179 g/mol. The molecule has 1 aliphatic carbocycles. The lowest BCUT2D eigenvalue weighted by atomic mass is 9.64. The summed E-state index contributed by atoms with van der Waals surface area (Å²) in [5.74, 6) is 0. The Hall–Kier alpha value is -0.715. The summed E-state index contributed by atoms with van der Waals surface area (Å²) in [7, 11) is 6.25. The van der Waals surface area contributed by atoms with Crippen LogP contribution in [0, 0.1) is 0 Å². The molecule has 0 aromatic heterocycles. The van der Waals surface area contributed by atoms with Gasteiger partial charge in [0.2, 0.25) is 0 Å². The molecule has 0 aliphatic heterocycles. The summed E-state index contributed by atoms with van der Waals surface area (Å²) in [5.41, 5.74) is 3.07. The molecule has 1 aliphatic rings. The van der Waals surface area contributed by atoms with Crippen molar-refractivity contribution in [3.63, 3.8) is 0 Å². The summed E-state index contributed by atoms with van der Waals surface area (Å²) in [4.78, 5) is 0. The van der Waals surface area contributed by atoms with Crippen LogP contribution in [-0.4, -0.2) is 7.85 Å². The Morgan fingerprint density at radius 1 is 1.00 bits per heavy atom. The molecule has 0 heterocycles. The van der Waals surface area contributed by atoms with Crippen LogP contribution in [-0.2, 0) is 12.8 Å². The zero-order valence-corrected chi connectivity index (χ0v) is 9.63. The van der Waals surface area contributed by atoms with Crippen LogP contribution in [0.25, 0.3) is 0 Å². The van der Waals surface area contributed by atoms with Gasteiger partial charge in [0.15, 0.2) is 0 Å². The molecule has 0 bridgehead atoms. The molecule has 0 fully saturated rings. The normalized spacial score (nSPS) is 20.9. The number of hydrogen-bond acceptors (Lipinski definition) is 0. The zero-order valence-electron chi connectivity index (χ0n) is 9.63. The molecule has 0 atom stereocenters. The van der Waals surface area contributed by atoms with Crippen molar-refractivity contribution in [2.24, 2.45) is 0 Å². The Labute approximate surface area is 94.5 Å². The Morgan fingerprint density at radius 2 is 1.47 bits per heavy atom. The van der Waals surface area contributed by atoms with E-state index in [-0.39, 0.29) is 5.31 Å². The van der Waals surface area contributed by atoms with E-state index in [4.69, 9.17) is 7.85 Å². The fourth-order valence-corrected chi connectivity index (χ4v) is 2.54. The molecule has 1 aromatic rings. The molecular formula is C14H19B. The molecule has 15 heavy (non-hydrogen) atoms. The van der Waals surface area contributed by atoms with Crippen molar-refractivity contribution in [1.82, 2.24) is 0 Å². The van der Waals surface area contributed by atoms with Crippen LogP contribution in [0.15, 0.2) is 24.3 Å². The first kappa shape index (κ1) is 10.8. The highest BCUT2D eigenvalue weighted by atomic mass is 14.2. The molecule has 0 amide bonds. The van der Waals surface area contributed by atoms with Gasteiger partial charge in [0, 0.05) is 0 Å². The van der Waals surface area contributed by atoms with E-state index < -0.39 is 0 Å². The topological polar surface area (TPSA) is 0 Å². The van der Waals surface area contributed by atoms with Gasteiger partial charge in [-0.15, -0.1) is 0 Å². The Bertz CT molecular complexity index is 297. The summed E-state index contributed by atoms with van der Waals surface area (Å²) < 4.78 is 0. The monoisotopic (exact) mass is 198 g/mol.